The Morgan fingerprint density at radius 3 is 2.62 bits per heavy atom. The molecule has 8 nitrogen and oxygen atoms in total. The largest absolute Gasteiger partial charge is 0.514 e. The summed E-state index contributed by atoms with van der Waals surface area (Å²) in [4.78, 5) is 13.7. The van der Waals surface area contributed by atoms with Crippen molar-refractivity contribution in [3.05, 3.63) is 24.3 Å². The third kappa shape index (κ3) is 7.59. The van der Waals surface area contributed by atoms with Gasteiger partial charge in [0.15, 0.2) is 0 Å². The maximum absolute atomic E-state index is 12.3. The van der Waals surface area contributed by atoms with Crippen LogP contribution in [0.2, 0.25) is 0 Å². The van der Waals surface area contributed by atoms with Crippen LogP contribution in [0.1, 0.15) is 20.8 Å². The van der Waals surface area contributed by atoms with Crippen molar-refractivity contribution < 1.29 is 27.4 Å². The summed E-state index contributed by atoms with van der Waals surface area (Å²) in [6, 6.07) is 6.18. The average Bonchev–Trinajstić information content (AvgIpc) is 2.52. The lowest BCUT2D eigenvalue weighted by Gasteiger charge is -2.26. The Morgan fingerprint density at radius 2 is 1.96 bits per heavy atom. The first-order valence-electron chi connectivity index (χ1n) is 8.44. The summed E-state index contributed by atoms with van der Waals surface area (Å²) in [5, 5.41) is 0. The molecule has 0 amide bonds. The van der Waals surface area contributed by atoms with Gasteiger partial charge in [-0.05, 0) is 32.9 Å². The molecule has 2 rings (SSSR count). The summed E-state index contributed by atoms with van der Waals surface area (Å²) in [5.41, 5.74) is -0.344. The van der Waals surface area contributed by atoms with Crippen molar-refractivity contribution in [3.8, 4) is 5.75 Å². The normalized spacial score (nSPS) is 16.1. The first-order chi connectivity index (χ1) is 12.1. The molecule has 1 aromatic rings. The molecular formula is C17H26N2O6S. The molecule has 0 atom stereocenters. The molecule has 1 saturated heterocycles. The first kappa shape index (κ1) is 20.5. The molecule has 1 fully saturated rings. The number of morpholine rings is 1. The van der Waals surface area contributed by atoms with Crippen molar-refractivity contribution in [2.24, 2.45) is 0 Å². The van der Waals surface area contributed by atoms with Crippen LogP contribution in [0.25, 0.3) is 0 Å². The van der Waals surface area contributed by atoms with E-state index in [0.29, 0.717) is 25.4 Å². The van der Waals surface area contributed by atoms with Gasteiger partial charge in [0, 0.05) is 25.7 Å². The topological polar surface area (TPSA) is 94.2 Å². The molecule has 1 aromatic carbocycles. The third-order valence-corrected chi connectivity index (χ3v) is 4.74. The van der Waals surface area contributed by atoms with Gasteiger partial charge in [-0.15, -0.1) is 0 Å². The summed E-state index contributed by atoms with van der Waals surface area (Å²) in [5.74, 6) is 0.178. The van der Waals surface area contributed by atoms with Gasteiger partial charge in [-0.1, -0.05) is 6.07 Å². The number of ether oxygens (including phenoxy) is 3. The number of rotatable bonds is 6. The van der Waals surface area contributed by atoms with Crippen LogP contribution in [-0.4, -0.2) is 63.7 Å². The average molecular weight is 386 g/mol. The summed E-state index contributed by atoms with van der Waals surface area (Å²) < 4.78 is 42.4. The van der Waals surface area contributed by atoms with E-state index in [4.69, 9.17) is 14.2 Å². The second-order valence-corrected chi connectivity index (χ2v) is 8.81. The van der Waals surface area contributed by atoms with E-state index in [1.54, 1.807) is 39.0 Å². The van der Waals surface area contributed by atoms with Crippen LogP contribution in [0.5, 0.6) is 5.75 Å². The standard InChI is InChI=1S/C17H26N2O6S/c1-17(2,3)25-16(20)24-15-6-4-5-14(13-15)18-26(21,22)12-9-19-7-10-23-11-8-19/h4-6,13,18H,7-12H2,1-3H3. The molecule has 1 aliphatic rings. The highest BCUT2D eigenvalue weighted by molar-refractivity contribution is 7.92. The van der Waals surface area contributed by atoms with Gasteiger partial charge >= 0.3 is 6.16 Å². The molecule has 1 heterocycles. The van der Waals surface area contributed by atoms with Crippen molar-refractivity contribution in [2.45, 2.75) is 26.4 Å². The quantitative estimate of drug-likeness (QED) is 0.591. The molecule has 0 aromatic heterocycles. The zero-order valence-electron chi connectivity index (χ0n) is 15.4. The van der Waals surface area contributed by atoms with Gasteiger partial charge in [0.25, 0.3) is 0 Å². The fourth-order valence-corrected chi connectivity index (χ4v) is 3.38. The van der Waals surface area contributed by atoms with E-state index in [-0.39, 0.29) is 11.5 Å². The number of nitrogens with one attached hydrogen (secondary N) is 1. The number of carbonyl (C=O) groups is 1. The minimum absolute atomic E-state index is 0.0237. The lowest BCUT2D eigenvalue weighted by molar-refractivity contribution is 0.0206. The lowest BCUT2D eigenvalue weighted by atomic mass is 10.2. The van der Waals surface area contributed by atoms with Crippen molar-refractivity contribution in [1.29, 1.82) is 0 Å². The van der Waals surface area contributed by atoms with Crippen LogP contribution in [0, 0.1) is 0 Å². The second-order valence-electron chi connectivity index (χ2n) is 6.97. The number of hydrogen-bond donors (Lipinski definition) is 1. The summed E-state index contributed by atoms with van der Waals surface area (Å²) in [6.07, 6.45) is -0.843. The molecule has 146 valence electrons. The number of sulfonamides is 1. The van der Waals surface area contributed by atoms with E-state index >= 15 is 0 Å². The van der Waals surface area contributed by atoms with E-state index < -0.39 is 21.8 Å². The van der Waals surface area contributed by atoms with Gasteiger partial charge in [0.05, 0.1) is 24.7 Å². The molecule has 0 aliphatic carbocycles. The van der Waals surface area contributed by atoms with Crippen LogP contribution in [0.15, 0.2) is 24.3 Å². The minimum atomic E-state index is -3.51. The second kappa shape index (κ2) is 8.70. The maximum Gasteiger partial charge on any atom is 0.514 e. The van der Waals surface area contributed by atoms with Crippen LogP contribution >= 0.6 is 0 Å². The van der Waals surface area contributed by atoms with Crippen LogP contribution < -0.4 is 9.46 Å². The third-order valence-electron chi connectivity index (χ3n) is 3.48. The highest BCUT2D eigenvalue weighted by atomic mass is 32.2. The van der Waals surface area contributed by atoms with E-state index in [1.165, 1.54) is 6.07 Å². The Bertz CT molecular complexity index is 708. The maximum atomic E-state index is 12.3. The summed E-state index contributed by atoms with van der Waals surface area (Å²) >= 11 is 0. The van der Waals surface area contributed by atoms with Crippen molar-refractivity contribution >= 4 is 21.9 Å². The summed E-state index contributed by atoms with van der Waals surface area (Å²) in [7, 11) is -3.51. The van der Waals surface area contributed by atoms with E-state index in [2.05, 4.69) is 4.72 Å². The smallest absolute Gasteiger partial charge is 0.428 e. The SMILES string of the molecule is CC(C)(C)OC(=O)Oc1cccc(NS(=O)(=O)CCN2CCOCC2)c1. The Balaban J connectivity index is 1.90. The molecule has 26 heavy (non-hydrogen) atoms. The number of hydrogen-bond acceptors (Lipinski definition) is 7. The first-order valence-corrected chi connectivity index (χ1v) is 10.1. The fourth-order valence-electron chi connectivity index (χ4n) is 2.29. The van der Waals surface area contributed by atoms with Crippen LogP contribution in [0.3, 0.4) is 0 Å². The zero-order valence-corrected chi connectivity index (χ0v) is 16.2. The van der Waals surface area contributed by atoms with Crippen LogP contribution in [-0.2, 0) is 19.5 Å². The van der Waals surface area contributed by atoms with Gasteiger partial charge in [0.1, 0.15) is 11.4 Å². The molecule has 1 N–H and O–H groups in total. The van der Waals surface area contributed by atoms with Crippen molar-refractivity contribution in [1.82, 2.24) is 4.90 Å². The number of carbonyl (C=O) groups excluding carboxylic acids is 1. The number of benzene rings is 1. The van der Waals surface area contributed by atoms with Gasteiger partial charge < -0.3 is 14.2 Å². The van der Waals surface area contributed by atoms with Crippen LogP contribution in [0.4, 0.5) is 10.5 Å². The Hall–Kier alpha value is -1.84. The Labute approximate surface area is 154 Å². The molecular weight excluding hydrogens is 360 g/mol. The molecule has 9 heteroatoms. The monoisotopic (exact) mass is 386 g/mol. The van der Waals surface area contributed by atoms with E-state index in [9.17, 15) is 13.2 Å². The zero-order chi connectivity index (χ0) is 19.2. The van der Waals surface area contributed by atoms with Gasteiger partial charge in [-0.25, -0.2) is 13.2 Å². The van der Waals surface area contributed by atoms with Gasteiger partial charge in [-0.2, -0.15) is 0 Å². The van der Waals surface area contributed by atoms with E-state index in [0.717, 1.165) is 13.1 Å². The number of anilines is 1. The Kier molecular flexibility index (Phi) is 6.85. The van der Waals surface area contributed by atoms with Crippen molar-refractivity contribution in [2.75, 3.05) is 43.3 Å². The predicted octanol–water partition coefficient (Wildman–Crippen LogP) is 2.07. The van der Waals surface area contributed by atoms with Gasteiger partial charge in [-0.3, -0.25) is 9.62 Å². The molecule has 1 aliphatic heterocycles. The highest BCUT2D eigenvalue weighted by Gasteiger charge is 2.19. The molecule has 0 bridgehead atoms. The molecule has 0 radical (unpaired) electrons. The van der Waals surface area contributed by atoms with Crippen molar-refractivity contribution in [3.63, 3.8) is 0 Å². The fraction of sp³-hybridized carbons (Fsp3) is 0.588. The van der Waals surface area contributed by atoms with E-state index in [1.807, 2.05) is 4.90 Å². The molecule has 0 spiro atoms. The van der Waals surface area contributed by atoms with Gasteiger partial charge in [0.2, 0.25) is 10.0 Å². The molecule has 0 unspecified atom stereocenters. The lowest BCUT2D eigenvalue weighted by Crippen LogP contribution is -2.39. The molecule has 0 saturated carbocycles. The Morgan fingerprint density at radius 1 is 1.27 bits per heavy atom. The predicted molar refractivity (Wildman–Crippen MR) is 98.0 cm³/mol. The summed E-state index contributed by atoms with van der Waals surface area (Å²) in [6.45, 7) is 8.33. The minimum Gasteiger partial charge on any atom is -0.428 e. The highest BCUT2D eigenvalue weighted by Crippen LogP contribution is 2.20. The number of nitrogens with zero attached hydrogens (tertiary/aromatic N) is 1.